The molecular weight excluding hydrogens is 370 g/mol. The first kappa shape index (κ1) is 20.6. The zero-order valence-electron chi connectivity index (χ0n) is 17.1. The molecule has 3 rings (SSSR count). The molecule has 2 aromatic carbocycles. The zero-order chi connectivity index (χ0) is 20.6. The van der Waals surface area contributed by atoms with Crippen LogP contribution in [-0.4, -0.2) is 33.3 Å². The summed E-state index contributed by atoms with van der Waals surface area (Å²) >= 11 is 0. The standard InChI is InChI=1S/C23H27NO5/c1-26-20-14-8-16(22(27-2)23(20)28-3)9-15-21(25)24-17-10-12-19(13-11-17)29-18-6-4-5-7-18/h8-15,18H,4-7H2,1-3H3,(H,24,25)/b15-9+. The fraction of sp³-hybridized carbons (Fsp3) is 0.348. The number of amides is 1. The SMILES string of the molecule is COc1ccc(/C=C/C(=O)Nc2ccc(OC3CCCC3)cc2)c(OC)c1OC. The summed E-state index contributed by atoms with van der Waals surface area (Å²) < 4.78 is 22.0. The third kappa shape index (κ3) is 5.22. The third-order valence-electron chi connectivity index (χ3n) is 4.88. The van der Waals surface area contributed by atoms with Crippen molar-refractivity contribution >= 4 is 17.7 Å². The molecule has 154 valence electrons. The highest BCUT2D eigenvalue weighted by molar-refractivity contribution is 6.02. The van der Waals surface area contributed by atoms with E-state index in [-0.39, 0.29) is 5.91 Å². The monoisotopic (exact) mass is 397 g/mol. The van der Waals surface area contributed by atoms with Crippen LogP contribution in [0.3, 0.4) is 0 Å². The Bertz CT molecular complexity index is 854. The molecule has 2 aromatic rings. The number of carbonyl (C=O) groups excluding carboxylic acids is 1. The van der Waals surface area contributed by atoms with Gasteiger partial charge >= 0.3 is 0 Å². The van der Waals surface area contributed by atoms with E-state index in [1.165, 1.54) is 18.9 Å². The number of nitrogens with one attached hydrogen (secondary N) is 1. The molecule has 1 saturated carbocycles. The molecule has 1 fully saturated rings. The summed E-state index contributed by atoms with van der Waals surface area (Å²) in [4.78, 5) is 12.3. The molecule has 0 atom stereocenters. The van der Waals surface area contributed by atoms with Gasteiger partial charge in [-0.1, -0.05) is 0 Å². The summed E-state index contributed by atoms with van der Waals surface area (Å²) in [7, 11) is 4.65. The predicted octanol–water partition coefficient (Wildman–Crippen LogP) is 4.69. The lowest BCUT2D eigenvalue weighted by Crippen LogP contribution is -2.11. The molecule has 1 N–H and O–H groups in total. The number of rotatable bonds is 8. The lowest BCUT2D eigenvalue weighted by atomic mass is 10.1. The molecule has 0 aromatic heterocycles. The minimum Gasteiger partial charge on any atom is -0.493 e. The molecule has 0 aliphatic heterocycles. The number of methoxy groups -OCH3 is 3. The van der Waals surface area contributed by atoms with Gasteiger partial charge in [0.1, 0.15) is 5.75 Å². The van der Waals surface area contributed by atoms with Gasteiger partial charge in [-0.25, -0.2) is 0 Å². The van der Waals surface area contributed by atoms with Crippen LogP contribution in [0.4, 0.5) is 5.69 Å². The van der Waals surface area contributed by atoms with Crippen LogP contribution in [-0.2, 0) is 4.79 Å². The molecule has 1 aliphatic rings. The van der Waals surface area contributed by atoms with Crippen LogP contribution in [0.15, 0.2) is 42.5 Å². The van der Waals surface area contributed by atoms with Crippen molar-refractivity contribution in [3.63, 3.8) is 0 Å². The van der Waals surface area contributed by atoms with Crippen LogP contribution in [0, 0.1) is 0 Å². The van der Waals surface area contributed by atoms with Gasteiger partial charge in [-0.3, -0.25) is 4.79 Å². The molecule has 6 nitrogen and oxygen atoms in total. The Morgan fingerprint density at radius 3 is 2.24 bits per heavy atom. The van der Waals surface area contributed by atoms with Gasteiger partial charge in [0.2, 0.25) is 11.7 Å². The topological polar surface area (TPSA) is 66.0 Å². The van der Waals surface area contributed by atoms with Gasteiger partial charge in [-0.05, 0) is 68.2 Å². The Hall–Kier alpha value is -3.15. The van der Waals surface area contributed by atoms with Gasteiger partial charge in [0.15, 0.2) is 11.5 Å². The Balaban J connectivity index is 1.63. The number of hydrogen-bond donors (Lipinski definition) is 1. The van der Waals surface area contributed by atoms with E-state index in [1.807, 2.05) is 24.3 Å². The normalized spacial score (nSPS) is 14.0. The highest BCUT2D eigenvalue weighted by atomic mass is 16.5. The second-order valence-electron chi connectivity index (χ2n) is 6.79. The fourth-order valence-electron chi connectivity index (χ4n) is 3.42. The van der Waals surface area contributed by atoms with E-state index in [0.717, 1.165) is 18.6 Å². The average Bonchev–Trinajstić information content (AvgIpc) is 3.25. The van der Waals surface area contributed by atoms with Crippen LogP contribution in [0.5, 0.6) is 23.0 Å². The van der Waals surface area contributed by atoms with Gasteiger partial charge in [0.05, 0.1) is 27.4 Å². The van der Waals surface area contributed by atoms with E-state index in [2.05, 4.69) is 5.32 Å². The molecule has 0 saturated heterocycles. The predicted molar refractivity (Wildman–Crippen MR) is 113 cm³/mol. The van der Waals surface area contributed by atoms with Crippen molar-refractivity contribution in [1.29, 1.82) is 0 Å². The lowest BCUT2D eigenvalue weighted by molar-refractivity contribution is -0.111. The van der Waals surface area contributed by atoms with E-state index in [4.69, 9.17) is 18.9 Å². The first-order valence-electron chi connectivity index (χ1n) is 9.69. The first-order valence-corrected chi connectivity index (χ1v) is 9.69. The molecule has 0 bridgehead atoms. The van der Waals surface area contributed by atoms with Gasteiger partial charge in [0, 0.05) is 17.3 Å². The van der Waals surface area contributed by atoms with E-state index >= 15 is 0 Å². The van der Waals surface area contributed by atoms with Crippen LogP contribution in [0.1, 0.15) is 31.2 Å². The summed E-state index contributed by atoms with van der Waals surface area (Å²) in [6, 6.07) is 11.0. The zero-order valence-corrected chi connectivity index (χ0v) is 17.1. The number of ether oxygens (including phenoxy) is 4. The number of hydrogen-bond acceptors (Lipinski definition) is 5. The Kier molecular flexibility index (Phi) is 7.00. The molecule has 0 radical (unpaired) electrons. The maximum absolute atomic E-state index is 12.3. The van der Waals surface area contributed by atoms with Crippen LogP contribution >= 0.6 is 0 Å². The molecular formula is C23H27NO5. The third-order valence-corrected chi connectivity index (χ3v) is 4.88. The van der Waals surface area contributed by atoms with Crippen molar-refractivity contribution in [2.24, 2.45) is 0 Å². The lowest BCUT2D eigenvalue weighted by Gasteiger charge is -2.14. The van der Waals surface area contributed by atoms with E-state index in [0.29, 0.717) is 34.6 Å². The van der Waals surface area contributed by atoms with Crippen molar-refractivity contribution in [3.05, 3.63) is 48.0 Å². The summed E-state index contributed by atoms with van der Waals surface area (Å²) in [6.07, 6.45) is 8.13. The smallest absolute Gasteiger partial charge is 0.248 e. The van der Waals surface area contributed by atoms with Gasteiger partial charge < -0.3 is 24.3 Å². The maximum atomic E-state index is 12.3. The Morgan fingerprint density at radius 2 is 1.62 bits per heavy atom. The number of carbonyl (C=O) groups is 1. The molecule has 0 unspecified atom stereocenters. The van der Waals surface area contributed by atoms with E-state index in [1.54, 1.807) is 39.5 Å². The maximum Gasteiger partial charge on any atom is 0.248 e. The van der Waals surface area contributed by atoms with Crippen molar-refractivity contribution in [1.82, 2.24) is 0 Å². The van der Waals surface area contributed by atoms with Crippen LogP contribution in [0.2, 0.25) is 0 Å². The summed E-state index contributed by atoms with van der Waals surface area (Å²) in [5, 5.41) is 2.84. The Morgan fingerprint density at radius 1 is 0.931 bits per heavy atom. The van der Waals surface area contributed by atoms with Gasteiger partial charge in [0.25, 0.3) is 0 Å². The van der Waals surface area contributed by atoms with Crippen molar-refractivity contribution in [2.45, 2.75) is 31.8 Å². The molecule has 1 aliphatic carbocycles. The number of anilines is 1. The second kappa shape index (κ2) is 9.87. The molecule has 6 heteroatoms. The van der Waals surface area contributed by atoms with Crippen molar-refractivity contribution < 1.29 is 23.7 Å². The largest absolute Gasteiger partial charge is 0.493 e. The Labute approximate surface area is 171 Å². The fourth-order valence-corrected chi connectivity index (χ4v) is 3.42. The molecule has 1 amide bonds. The van der Waals surface area contributed by atoms with E-state index < -0.39 is 0 Å². The van der Waals surface area contributed by atoms with E-state index in [9.17, 15) is 4.79 Å². The highest BCUT2D eigenvalue weighted by Gasteiger charge is 2.16. The first-order chi connectivity index (χ1) is 14.1. The second-order valence-corrected chi connectivity index (χ2v) is 6.79. The van der Waals surface area contributed by atoms with Crippen molar-refractivity contribution in [3.8, 4) is 23.0 Å². The molecule has 0 heterocycles. The quantitative estimate of drug-likeness (QED) is 0.655. The summed E-state index contributed by atoms with van der Waals surface area (Å²) in [5.74, 6) is 2.14. The molecule has 0 spiro atoms. The van der Waals surface area contributed by atoms with Crippen molar-refractivity contribution in [2.75, 3.05) is 26.6 Å². The van der Waals surface area contributed by atoms with Crippen LogP contribution in [0.25, 0.3) is 6.08 Å². The number of benzene rings is 2. The van der Waals surface area contributed by atoms with Gasteiger partial charge in [-0.15, -0.1) is 0 Å². The summed E-state index contributed by atoms with van der Waals surface area (Å²) in [6.45, 7) is 0. The summed E-state index contributed by atoms with van der Waals surface area (Å²) in [5.41, 5.74) is 1.42. The highest BCUT2D eigenvalue weighted by Crippen LogP contribution is 2.40. The average molecular weight is 397 g/mol. The van der Waals surface area contributed by atoms with Crippen LogP contribution < -0.4 is 24.3 Å². The van der Waals surface area contributed by atoms with Gasteiger partial charge in [-0.2, -0.15) is 0 Å². The molecule has 29 heavy (non-hydrogen) atoms. The minimum atomic E-state index is -0.244. The minimum absolute atomic E-state index is 0.244.